The maximum atomic E-state index is 12.1. The Labute approximate surface area is 139 Å². The molecule has 1 amide bonds. The summed E-state index contributed by atoms with van der Waals surface area (Å²) >= 11 is 1.58. The number of thiazole rings is 1. The Hall–Kier alpha value is -2.02. The number of carbonyl (C=O) groups excluding carboxylic acids is 1. The molecule has 0 radical (unpaired) electrons. The van der Waals surface area contributed by atoms with Crippen LogP contribution in [0.25, 0.3) is 6.08 Å². The summed E-state index contributed by atoms with van der Waals surface area (Å²) in [5.41, 5.74) is 0.828. The van der Waals surface area contributed by atoms with Gasteiger partial charge in [-0.25, -0.2) is 4.98 Å². The Morgan fingerprint density at radius 3 is 3.00 bits per heavy atom. The van der Waals surface area contributed by atoms with Crippen LogP contribution < -0.4 is 5.32 Å². The van der Waals surface area contributed by atoms with Crippen molar-refractivity contribution in [3.05, 3.63) is 33.8 Å². The summed E-state index contributed by atoms with van der Waals surface area (Å²) in [6.07, 6.45) is 5.05. The molecular formula is C16H21N5OS. The number of nitrogens with zero attached hydrogens (tertiary/aromatic N) is 4. The summed E-state index contributed by atoms with van der Waals surface area (Å²) in [7, 11) is 0. The van der Waals surface area contributed by atoms with Gasteiger partial charge in [0.2, 0.25) is 5.91 Å². The fraction of sp³-hybridized carbons (Fsp3) is 0.500. The molecule has 1 aliphatic rings. The van der Waals surface area contributed by atoms with Crippen LogP contribution in [0.5, 0.6) is 0 Å². The minimum atomic E-state index is -0.0803. The van der Waals surface area contributed by atoms with Crippen molar-refractivity contribution in [3.63, 3.8) is 0 Å². The minimum Gasteiger partial charge on any atom is -0.348 e. The van der Waals surface area contributed by atoms with Crippen molar-refractivity contribution in [1.82, 2.24) is 25.1 Å². The molecule has 3 heterocycles. The fourth-order valence-electron chi connectivity index (χ4n) is 2.76. The maximum absolute atomic E-state index is 12.1. The van der Waals surface area contributed by atoms with Gasteiger partial charge in [-0.05, 0) is 19.4 Å². The van der Waals surface area contributed by atoms with Crippen LogP contribution in [0.15, 0.2) is 11.5 Å². The van der Waals surface area contributed by atoms with Crippen LogP contribution in [0.3, 0.4) is 0 Å². The number of carbonyl (C=O) groups is 1. The molecule has 3 rings (SSSR count). The van der Waals surface area contributed by atoms with Crippen molar-refractivity contribution in [1.29, 1.82) is 0 Å². The highest BCUT2D eigenvalue weighted by Gasteiger charge is 2.24. The van der Waals surface area contributed by atoms with Gasteiger partial charge in [-0.3, -0.25) is 4.79 Å². The molecule has 0 aliphatic carbocycles. The van der Waals surface area contributed by atoms with E-state index >= 15 is 0 Å². The zero-order valence-corrected chi connectivity index (χ0v) is 14.4. The van der Waals surface area contributed by atoms with Crippen molar-refractivity contribution in [3.8, 4) is 0 Å². The van der Waals surface area contributed by atoms with Crippen LogP contribution >= 0.6 is 11.3 Å². The molecule has 0 bridgehead atoms. The molecular weight excluding hydrogens is 310 g/mol. The summed E-state index contributed by atoms with van der Waals surface area (Å²) in [6, 6.07) is 0.116. The second kappa shape index (κ2) is 6.62. The Morgan fingerprint density at radius 1 is 1.48 bits per heavy atom. The summed E-state index contributed by atoms with van der Waals surface area (Å²) in [4.78, 5) is 16.4. The highest BCUT2D eigenvalue weighted by molar-refractivity contribution is 7.09. The summed E-state index contributed by atoms with van der Waals surface area (Å²) in [5, 5.41) is 14.5. The van der Waals surface area contributed by atoms with Gasteiger partial charge in [-0.15, -0.1) is 21.5 Å². The van der Waals surface area contributed by atoms with E-state index in [1.165, 1.54) is 0 Å². The van der Waals surface area contributed by atoms with Gasteiger partial charge in [0.25, 0.3) is 0 Å². The molecule has 2 aromatic rings. The number of amides is 1. The Balaban J connectivity index is 1.61. The summed E-state index contributed by atoms with van der Waals surface area (Å²) in [6.45, 7) is 6.91. The van der Waals surface area contributed by atoms with Crippen LogP contribution in [0, 0.1) is 6.92 Å². The van der Waals surface area contributed by atoms with E-state index in [1.807, 2.05) is 12.3 Å². The van der Waals surface area contributed by atoms with Gasteiger partial charge in [-0.1, -0.05) is 13.8 Å². The monoisotopic (exact) mass is 331 g/mol. The summed E-state index contributed by atoms with van der Waals surface area (Å²) < 4.78 is 2.15. The molecule has 6 nitrogen and oxygen atoms in total. The van der Waals surface area contributed by atoms with Crippen LogP contribution in [-0.4, -0.2) is 31.7 Å². The molecule has 2 aromatic heterocycles. The number of rotatable bonds is 4. The van der Waals surface area contributed by atoms with Crippen molar-refractivity contribution < 1.29 is 4.79 Å². The molecule has 0 saturated heterocycles. The van der Waals surface area contributed by atoms with Crippen LogP contribution in [-0.2, 0) is 17.8 Å². The van der Waals surface area contributed by atoms with Gasteiger partial charge in [-0.2, -0.15) is 0 Å². The molecule has 0 saturated carbocycles. The van der Waals surface area contributed by atoms with E-state index in [4.69, 9.17) is 0 Å². The van der Waals surface area contributed by atoms with Crippen LogP contribution in [0.2, 0.25) is 0 Å². The molecule has 122 valence electrons. The molecule has 0 fully saturated rings. The standard InChI is InChI=1S/C16H21N5OS/c1-10(2)16-20-19-14-6-4-12(8-21(14)16)18-15(22)7-5-13-9-23-11(3)17-13/h5,7,9-10,12H,4,6,8H2,1-3H3,(H,18,22). The van der Waals surface area contributed by atoms with E-state index in [-0.39, 0.29) is 11.9 Å². The van der Waals surface area contributed by atoms with Crippen LogP contribution in [0.1, 0.15) is 48.5 Å². The van der Waals surface area contributed by atoms with Gasteiger partial charge in [0.1, 0.15) is 11.6 Å². The second-order valence-electron chi connectivity index (χ2n) is 6.11. The molecule has 0 aromatic carbocycles. The highest BCUT2D eigenvalue weighted by Crippen LogP contribution is 2.20. The van der Waals surface area contributed by atoms with Gasteiger partial charge in [0.15, 0.2) is 0 Å². The lowest BCUT2D eigenvalue weighted by Crippen LogP contribution is -2.40. The molecule has 1 N–H and O–H groups in total. The first kappa shape index (κ1) is 15.9. The number of aryl methyl sites for hydroxylation is 2. The lowest BCUT2D eigenvalue weighted by Gasteiger charge is -2.25. The zero-order valence-electron chi connectivity index (χ0n) is 13.6. The molecule has 1 unspecified atom stereocenters. The topological polar surface area (TPSA) is 72.7 Å². The van der Waals surface area contributed by atoms with E-state index in [0.29, 0.717) is 5.92 Å². The first-order valence-electron chi connectivity index (χ1n) is 7.85. The van der Waals surface area contributed by atoms with Crippen molar-refractivity contribution >= 4 is 23.3 Å². The number of nitrogens with one attached hydrogen (secondary N) is 1. The number of hydrogen-bond acceptors (Lipinski definition) is 5. The van der Waals surface area contributed by atoms with Crippen molar-refractivity contribution in [2.24, 2.45) is 0 Å². The fourth-order valence-corrected chi connectivity index (χ4v) is 3.34. The first-order chi connectivity index (χ1) is 11.0. The Kier molecular flexibility index (Phi) is 4.56. The zero-order chi connectivity index (χ0) is 16.4. The third-order valence-electron chi connectivity index (χ3n) is 3.88. The largest absolute Gasteiger partial charge is 0.348 e. The number of aromatic nitrogens is 4. The average molecular weight is 331 g/mol. The molecule has 1 aliphatic heterocycles. The number of hydrogen-bond donors (Lipinski definition) is 1. The minimum absolute atomic E-state index is 0.0803. The lowest BCUT2D eigenvalue weighted by molar-refractivity contribution is -0.117. The smallest absolute Gasteiger partial charge is 0.244 e. The normalized spacial score (nSPS) is 17.7. The molecule has 0 spiro atoms. The summed E-state index contributed by atoms with van der Waals surface area (Å²) in [5.74, 6) is 2.27. The van der Waals surface area contributed by atoms with Gasteiger partial charge in [0, 0.05) is 36.4 Å². The van der Waals surface area contributed by atoms with Gasteiger partial charge in [0.05, 0.1) is 10.7 Å². The van der Waals surface area contributed by atoms with E-state index in [9.17, 15) is 4.79 Å². The van der Waals surface area contributed by atoms with Gasteiger partial charge < -0.3 is 9.88 Å². The Morgan fingerprint density at radius 2 is 2.30 bits per heavy atom. The Bertz CT molecular complexity index is 731. The van der Waals surface area contributed by atoms with E-state index in [2.05, 4.69) is 38.9 Å². The third kappa shape index (κ3) is 3.67. The maximum Gasteiger partial charge on any atom is 0.244 e. The highest BCUT2D eigenvalue weighted by atomic mass is 32.1. The van der Waals surface area contributed by atoms with Crippen LogP contribution in [0.4, 0.5) is 0 Å². The van der Waals surface area contributed by atoms with Crippen molar-refractivity contribution in [2.45, 2.75) is 52.1 Å². The predicted octanol–water partition coefficient (Wildman–Crippen LogP) is 2.31. The third-order valence-corrected chi connectivity index (χ3v) is 4.67. The lowest BCUT2D eigenvalue weighted by atomic mass is 10.1. The molecule has 1 atom stereocenters. The average Bonchev–Trinajstić information content (AvgIpc) is 3.11. The quantitative estimate of drug-likeness (QED) is 0.873. The first-order valence-corrected chi connectivity index (χ1v) is 8.73. The predicted molar refractivity (Wildman–Crippen MR) is 90.2 cm³/mol. The van der Waals surface area contributed by atoms with Gasteiger partial charge >= 0.3 is 0 Å². The van der Waals surface area contributed by atoms with E-state index < -0.39 is 0 Å². The van der Waals surface area contributed by atoms with E-state index in [0.717, 1.165) is 41.7 Å². The number of fused-ring (bicyclic) bond motifs is 1. The SMILES string of the molecule is Cc1nc(C=CC(=O)NC2CCc3nnc(C(C)C)n3C2)cs1. The second-order valence-corrected chi connectivity index (χ2v) is 7.17. The van der Waals surface area contributed by atoms with Crippen molar-refractivity contribution in [2.75, 3.05) is 0 Å². The van der Waals surface area contributed by atoms with E-state index in [1.54, 1.807) is 23.5 Å². The molecule has 23 heavy (non-hydrogen) atoms. The molecule has 7 heteroatoms.